The normalized spacial score (nSPS) is 19.5. The molecule has 146 valence electrons. The van der Waals surface area contributed by atoms with Crippen LogP contribution in [0.2, 0.25) is 0 Å². The van der Waals surface area contributed by atoms with Gasteiger partial charge in [-0.1, -0.05) is 30.3 Å². The van der Waals surface area contributed by atoms with Gasteiger partial charge in [-0.25, -0.2) is 0 Å². The van der Waals surface area contributed by atoms with E-state index in [2.05, 4.69) is 40.5 Å². The lowest BCUT2D eigenvalue weighted by Gasteiger charge is -2.35. The highest BCUT2D eigenvalue weighted by Gasteiger charge is 2.27. The van der Waals surface area contributed by atoms with Gasteiger partial charge in [0.2, 0.25) is 17.7 Å². The topological polar surface area (TPSA) is 59.2 Å². The average Bonchev–Trinajstić information content (AvgIpc) is 3.44. The van der Waals surface area contributed by atoms with Crippen LogP contribution in [0.5, 0.6) is 0 Å². The quantitative estimate of drug-likeness (QED) is 0.595. The van der Waals surface area contributed by atoms with Gasteiger partial charge in [-0.3, -0.25) is 4.79 Å². The van der Waals surface area contributed by atoms with Crippen molar-refractivity contribution in [2.75, 3.05) is 7.05 Å². The maximum absolute atomic E-state index is 12.6. The maximum atomic E-state index is 12.6. The summed E-state index contributed by atoms with van der Waals surface area (Å²) < 4.78 is 5.68. The SMILES string of the molecule is CN(C(=O)CCc1nnc(-c2ccsc2)o1)C1CCC(c2ccccc2)CC1. The van der Waals surface area contributed by atoms with E-state index in [-0.39, 0.29) is 5.91 Å². The molecule has 0 atom stereocenters. The number of aromatic nitrogens is 2. The van der Waals surface area contributed by atoms with Gasteiger partial charge in [-0.15, -0.1) is 10.2 Å². The Morgan fingerprint density at radius 1 is 1.14 bits per heavy atom. The largest absolute Gasteiger partial charge is 0.421 e. The molecule has 1 aromatic carbocycles. The van der Waals surface area contributed by atoms with Gasteiger partial charge >= 0.3 is 0 Å². The maximum Gasteiger partial charge on any atom is 0.248 e. The fraction of sp³-hybridized carbons (Fsp3) is 0.409. The van der Waals surface area contributed by atoms with Crippen molar-refractivity contribution >= 4 is 17.2 Å². The first-order valence-electron chi connectivity index (χ1n) is 9.86. The summed E-state index contributed by atoms with van der Waals surface area (Å²) in [5, 5.41) is 12.1. The molecule has 5 nitrogen and oxygen atoms in total. The predicted molar refractivity (Wildman–Crippen MR) is 110 cm³/mol. The minimum absolute atomic E-state index is 0.151. The molecule has 0 spiro atoms. The summed E-state index contributed by atoms with van der Waals surface area (Å²) in [5.41, 5.74) is 2.36. The van der Waals surface area contributed by atoms with Crippen molar-refractivity contribution < 1.29 is 9.21 Å². The fourth-order valence-electron chi connectivity index (χ4n) is 3.97. The van der Waals surface area contributed by atoms with Gasteiger partial charge in [-0.2, -0.15) is 11.3 Å². The molecule has 1 amide bonds. The summed E-state index contributed by atoms with van der Waals surface area (Å²) >= 11 is 1.59. The number of rotatable bonds is 6. The van der Waals surface area contributed by atoms with Crippen molar-refractivity contribution in [2.24, 2.45) is 0 Å². The lowest BCUT2D eigenvalue weighted by molar-refractivity contribution is -0.132. The molecule has 0 N–H and O–H groups in total. The van der Waals surface area contributed by atoms with Crippen molar-refractivity contribution in [3.63, 3.8) is 0 Å². The molecular formula is C22H25N3O2S. The summed E-state index contributed by atoms with van der Waals surface area (Å²) in [6.07, 6.45) is 5.29. The van der Waals surface area contributed by atoms with Gasteiger partial charge in [-0.05, 0) is 48.6 Å². The minimum Gasteiger partial charge on any atom is -0.421 e. The third kappa shape index (κ3) is 4.33. The van der Waals surface area contributed by atoms with Crippen LogP contribution >= 0.6 is 11.3 Å². The monoisotopic (exact) mass is 395 g/mol. The number of hydrogen-bond acceptors (Lipinski definition) is 5. The van der Waals surface area contributed by atoms with E-state index in [9.17, 15) is 4.79 Å². The Kier molecular flexibility index (Phi) is 5.86. The first kappa shape index (κ1) is 18.9. The van der Waals surface area contributed by atoms with Gasteiger partial charge in [0, 0.05) is 36.9 Å². The molecule has 1 aliphatic carbocycles. The van der Waals surface area contributed by atoms with E-state index >= 15 is 0 Å². The molecule has 2 aromatic heterocycles. The van der Waals surface area contributed by atoms with Crippen LogP contribution in [0.4, 0.5) is 0 Å². The van der Waals surface area contributed by atoms with Gasteiger partial charge in [0.05, 0.1) is 0 Å². The first-order chi connectivity index (χ1) is 13.7. The molecule has 0 unspecified atom stereocenters. The second-order valence-electron chi connectivity index (χ2n) is 7.43. The molecular weight excluding hydrogens is 370 g/mol. The molecule has 1 fully saturated rings. The first-order valence-corrected chi connectivity index (χ1v) is 10.8. The van der Waals surface area contributed by atoms with Crippen LogP contribution in [0.25, 0.3) is 11.5 Å². The number of amides is 1. The lowest BCUT2D eigenvalue weighted by atomic mass is 9.81. The van der Waals surface area contributed by atoms with Crippen LogP contribution in [0, 0.1) is 0 Å². The molecule has 2 heterocycles. The standard InChI is InChI=1S/C22H25N3O2S/c1-25(19-9-7-17(8-10-19)16-5-3-2-4-6-16)21(26)12-11-20-23-24-22(27-20)18-13-14-28-15-18/h2-6,13-15,17,19H,7-12H2,1H3. The molecule has 1 saturated carbocycles. The summed E-state index contributed by atoms with van der Waals surface area (Å²) in [5.74, 6) is 1.82. The Labute approximate surface area is 169 Å². The van der Waals surface area contributed by atoms with Gasteiger partial charge in [0.25, 0.3) is 0 Å². The number of thiophene rings is 1. The van der Waals surface area contributed by atoms with Crippen molar-refractivity contribution in [1.29, 1.82) is 0 Å². The number of benzene rings is 1. The average molecular weight is 396 g/mol. The highest BCUT2D eigenvalue weighted by atomic mass is 32.1. The highest BCUT2D eigenvalue weighted by molar-refractivity contribution is 7.08. The molecule has 6 heteroatoms. The molecule has 0 aliphatic heterocycles. The second-order valence-corrected chi connectivity index (χ2v) is 8.21. The zero-order valence-corrected chi connectivity index (χ0v) is 16.9. The van der Waals surface area contributed by atoms with E-state index in [1.165, 1.54) is 5.56 Å². The van der Waals surface area contributed by atoms with Gasteiger partial charge in [0.15, 0.2) is 0 Å². The summed E-state index contributed by atoms with van der Waals surface area (Å²) in [4.78, 5) is 14.6. The van der Waals surface area contributed by atoms with Crippen LogP contribution in [-0.2, 0) is 11.2 Å². The van der Waals surface area contributed by atoms with E-state index in [1.807, 2.05) is 28.8 Å². The number of nitrogens with zero attached hydrogens (tertiary/aromatic N) is 3. The van der Waals surface area contributed by atoms with Crippen LogP contribution in [-0.4, -0.2) is 34.1 Å². The van der Waals surface area contributed by atoms with Crippen molar-refractivity contribution in [1.82, 2.24) is 15.1 Å². The predicted octanol–water partition coefficient (Wildman–Crippen LogP) is 4.92. The van der Waals surface area contributed by atoms with Crippen LogP contribution in [0.3, 0.4) is 0 Å². The van der Waals surface area contributed by atoms with Crippen LogP contribution in [0.1, 0.15) is 49.5 Å². The molecule has 3 aromatic rings. The van der Waals surface area contributed by atoms with E-state index in [0.29, 0.717) is 36.6 Å². The molecule has 4 rings (SSSR count). The third-order valence-corrected chi connectivity index (χ3v) is 6.38. The van der Waals surface area contributed by atoms with Crippen molar-refractivity contribution in [2.45, 2.75) is 50.5 Å². The van der Waals surface area contributed by atoms with Crippen LogP contribution in [0.15, 0.2) is 51.6 Å². The Bertz CT molecular complexity index is 884. The molecule has 0 saturated heterocycles. The Morgan fingerprint density at radius 2 is 1.93 bits per heavy atom. The van der Waals surface area contributed by atoms with Crippen molar-refractivity contribution in [3.05, 3.63) is 58.6 Å². The Morgan fingerprint density at radius 3 is 2.64 bits per heavy atom. The minimum atomic E-state index is 0.151. The summed E-state index contributed by atoms with van der Waals surface area (Å²) in [7, 11) is 1.93. The number of carbonyl (C=O) groups is 1. The van der Waals surface area contributed by atoms with Crippen LogP contribution < -0.4 is 0 Å². The number of hydrogen-bond donors (Lipinski definition) is 0. The zero-order valence-electron chi connectivity index (χ0n) is 16.1. The third-order valence-electron chi connectivity index (χ3n) is 5.70. The van der Waals surface area contributed by atoms with Gasteiger partial charge in [0.1, 0.15) is 0 Å². The van der Waals surface area contributed by atoms with E-state index in [0.717, 1.165) is 31.2 Å². The number of carbonyl (C=O) groups excluding carboxylic acids is 1. The highest BCUT2D eigenvalue weighted by Crippen LogP contribution is 2.34. The molecule has 28 heavy (non-hydrogen) atoms. The smallest absolute Gasteiger partial charge is 0.248 e. The fourth-order valence-corrected chi connectivity index (χ4v) is 4.60. The van der Waals surface area contributed by atoms with Gasteiger partial charge < -0.3 is 9.32 Å². The second kappa shape index (κ2) is 8.69. The summed E-state index contributed by atoms with van der Waals surface area (Å²) in [6, 6.07) is 13.0. The Hall–Kier alpha value is -2.47. The molecule has 0 bridgehead atoms. The van der Waals surface area contributed by atoms with E-state index in [4.69, 9.17) is 4.42 Å². The van der Waals surface area contributed by atoms with E-state index in [1.54, 1.807) is 11.3 Å². The summed E-state index contributed by atoms with van der Waals surface area (Å²) in [6.45, 7) is 0. The lowest BCUT2D eigenvalue weighted by Crippen LogP contribution is -2.39. The zero-order chi connectivity index (χ0) is 19.3. The van der Waals surface area contributed by atoms with Crippen molar-refractivity contribution in [3.8, 4) is 11.5 Å². The molecule has 0 radical (unpaired) electrons. The molecule has 1 aliphatic rings. The van der Waals surface area contributed by atoms with E-state index < -0.39 is 0 Å². The Balaban J connectivity index is 1.26. The number of aryl methyl sites for hydroxylation is 1.